The second kappa shape index (κ2) is 7.87. The largest absolute Gasteiger partial charge is 0.465 e. The molecular formula is C14H22N2O4S. The SMILES string of the molecule is CCOC(=O)c1c(NCCC(C)C)sc(C(=O)OC)c1N. The summed E-state index contributed by atoms with van der Waals surface area (Å²) in [7, 11) is 1.28. The third-order valence-electron chi connectivity index (χ3n) is 2.80. The molecule has 0 amide bonds. The molecule has 1 heterocycles. The number of thiophene rings is 1. The van der Waals surface area contributed by atoms with E-state index in [1.807, 2.05) is 0 Å². The van der Waals surface area contributed by atoms with Gasteiger partial charge in [-0.25, -0.2) is 9.59 Å². The average Bonchev–Trinajstić information content (AvgIpc) is 2.75. The fraction of sp³-hybridized carbons (Fsp3) is 0.571. The maximum atomic E-state index is 12.0. The van der Waals surface area contributed by atoms with E-state index in [4.69, 9.17) is 10.5 Å². The number of rotatable bonds is 7. The molecule has 118 valence electrons. The van der Waals surface area contributed by atoms with Gasteiger partial charge in [-0.1, -0.05) is 13.8 Å². The van der Waals surface area contributed by atoms with E-state index in [0.717, 1.165) is 17.8 Å². The molecule has 6 nitrogen and oxygen atoms in total. The number of hydrogen-bond acceptors (Lipinski definition) is 7. The highest BCUT2D eigenvalue weighted by atomic mass is 32.1. The Labute approximate surface area is 128 Å². The summed E-state index contributed by atoms with van der Waals surface area (Å²) < 4.78 is 9.68. The topological polar surface area (TPSA) is 90.6 Å². The molecule has 3 N–H and O–H groups in total. The summed E-state index contributed by atoms with van der Waals surface area (Å²) in [6.07, 6.45) is 0.938. The van der Waals surface area contributed by atoms with Crippen molar-refractivity contribution in [3.05, 3.63) is 10.4 Å². The number of carbonyl (C=O) groups excluding carboxylic acids is 2. The van der Waals surface area contributed by atoms with Gasteiger partial charge in [0.1, 0.15) is 15.4 Å². The summed E-state index contributed by atoms with van der Waals surface area (Å²) in [6, 6.07) is 0. The van der Waals surface area contributed by atoms with Crippen molar-refractivity contribution in [3.8, 4) is 0 Å². The Morgan fingerprint density at radius 3 is 2.52 bits per heavy atom. The van der Waals surface area contributed by atoms with Gasteiger partial charge in [-0.2, -0.15) is 0 Å². The summed E-state index contributed by atoms with van der Waals surface area (Å²) in [5.74, 6) is -0.561. The first-order valence-corrected chi connectivity index (χ1v) is 7.65. The lowest BCUT2D eigenvalue weighted by atomic mass is 10.1. The van der Waals surface area contributed by atoms with E-state index in [1.165, 1.54) is 7.11 Å². The molecule has 0 aliphatic carbocycles. The first-order valence-electron chi connectivity index (χ1n) is 6.83. The summed E-state index contributed by atoms with van der Waals surface area (Å²) in [6.45, 7) is 6.86. The van der Waals surface area contributed by atoms with Gasteiger partial charge < -0.3 is 20.5 Å². The number of nitrogen functional groups attached to an aromatic ring is 1. The summed E-state index contributed by atoms with van der Waals surface area (Å²) in [5, 5.41) is 3.70. The monoisotopic (exact) mass is 314 g/mol. The molecule has 0 aliphatic heterocycles. The van der Waals surface area contributed by atoms with Crippen LogP contribution in [0.3, 0.4) is 0 Å². The Hall–Kier alpha value is -1.76. The summed E-state index contributed by atoms with van der Waals surface area (Å²) in [5.41, 5.74) is 6.23. The van der Waals surface area contributed by atoms with Crippen LogP contribution in [0.25, 0.3) is 0 Å². The summed E-state index contributed by atoms with van der Waals surface area (Å²) in [4.78, 5) is 23.9. The molecule has 0 bridgehead atoms. The van der Waals surface area contributed by atoms with Gasteiger partial charge in [-0.05, 0) is 19.3 Å². The van der Waals surface area contributed by atoms with E-state index in [-0.39, 0.29) is 22.7 Å². The average molecular weight is 314 g/mol. The first-order chi connectivity index (χ1) is 9.92. The zero-order chi connectivity index (χ0) is 16.0. The van der Waals surface area contributed by atoms with Gasteiger partial charge in [0, 0.05) is 6.54 Å². The fourth-order valence-corrected chi connectivity index (χ4v) is 2.75. The van der Waals surface area contributed by atoms with Crippen LogP contribution in [0.5, 0.6) is 0 Å². The third-order valence-corrected chi connectivity index (χ3v) is 3.95. The van der Waals surface area contributed by atoms with Crippen LogP contribution < -0.4 is 11.1 Å². The smallest absolute Gasteiger partial charge is 0.350 e. The van der Waals surface area contributed by atoms with Crippen molar-refractivity contribution in [3.63, 3.8) is 0 Å². The van der Waals surface area contributed by atoms with Crippen molar-refractivity contribution in [2.45, 2.75) is 27.2 Å². The molecule has 0 radical (unpaired) electrons. The Kier molecular flexibility index (Phi) is 6.48. The van der Waals surface area contributed by atoms with E-state index in [0.29, 0.717) is 17.5 Å². The minimum absolute atomic E-state index is 0.109. The molecule has 0 aliphatic rings. The van der Waals surface area contributed by atoms with Crippen LogP contribution in [0, 0.1) is 5.92 Å². The van der Waals surface area contributed by atoms with E-state index in [2.05, 4.69) is 23.9 Å². The maximum Gasteiger partial charge on any atom is 0.350 e. The number of anilines is 2. The zero-order valence-electron chi connectivity index (χ0n) is 12.8. The van der Waals surface area contributed by atoms with Gasteiger partial charge >= 0.3 is 11.9 Å². The second-order valence-electron chi connectivity index (χ2n) is 4.87. The van der Waals surface area contributed by atoms with Gasteiger partial charge in [0.05, 0.1) is 19.4 Å². The van der Waals surface area contributed by atoms with Crippen LogP contribution in [0.4, 0.5) is 10.7 Å². The van der Waals surface area contributed by atoms with Gasteiger partial charge in [0.2, 0.25) is 0 Å². The van der Waals surface area contributed by atoms with Crippen LogP contribution in [-0.4, -0.2) is 32.2 Å². The molecule has 0 aromatic carbocycles. The predicted molar refractivity (Wildman–Crippen MR) is 84.0 cm³/mol. The molecule has 1 aromatic rings. The molecule has 1 aromatic heterocycles. The lowest BCUT2D eigenvalue weighted by molar-refractivity contribution is 0.0529. The first kappa shape index (κ1) is 17.3. The molecule has 0 unspecified atom stereocenters. The van der Waals surface area contributed by atoms with Gasteiger partial charge in [0.25, 0.3) is 0 Å². The molecule has 1 rings (SSSR count). The van der Waals surface area contributed by atoms with Gasteiger partial charge in [-0.15, -0.1) is 11.3 Å². The quantitative estimate of drug-likeness (QED) is 0.752. The second-order valence-corrected chi connectivity index (χ2v) is 5.89. The Balaban J connectivity index is 3.07. The molecule has 0 fully saturated rings. The summed E-state index contributed by atoms with van der Waals surface area (Å²) >= 11 is 1.11. The molecular weight excluding hydrogens is 292 g/mol. The van der Waals surface area contributed by atoms with E-state index >= 15 is 0 Å². The normalized spacial score (nSPS) is 10.5. The minimum Gasteiger partial charge on any atom is -0.465 e. The zero-order valence-corrected chi connectivity index (χ0v) is 13.6. The number of methoxy groups -OCH3 is 1. The van der Waals surface area contributed by atoms with Crippen LogP contribution in [0.2, 0.25) is 0 Å². The lowest BCUT2D eigenvalue weighted by Gasteiger charge is -2.09. The molecule has 0 atom stereocenters. The van der Waals surface area contributed by atoms with Crippen molar-refractivity contribution in [2.75, 3.05) is 31.3 Å². The van der Waals surface area contributed by atoms with Crippen LogP contribution in [0.15, 0.2) is 0 Å². The standard InChI is InChI=1S/C14H22N2O4S/c1-5-20-13(17)9-10(15)11(14(18)19-4)21-12(9)16-7-6-8(2)3/h8,16H,5-7,15H2,1-4H3. The number of carbonyl (C=O) groups is 2. The maximum absolute atomic E-state index is 12.0. The van der Waals surface area contributed by atoms with Crippen LogP contribution in [-0.2, 0) is 9.47 Å². The third kappa shape index (κ3) is 4.35. The van der Waals surface area contributed by atoms with Crippen molar-refractivity contribution in [1.29, 1.82) is 0 Å². The highest BCUT2D eigenvalue weighted by Gasteiger charge is 2.26. The Bertz CT molecular complexity index is 511. The highest BCUT2D eigenvalue weighted by Crippen LogP contribution is 2.36. The number of nitrogens with one attached hydrogen (secondary N) is 1. The van der Waals surface area contributed by atoms with Gasteiger partial charge in [-0.3, -0.25) is 0 Å². The number of nitrogens with two attached hydrogens (primary N) is 1. The number of ether oxygens (including phenoxy) is 2. The predicted octanol–water partition coefficient (Wildman–Crippen LogP) is 2.75. The Morgan fingerprint density at radius 1 is 1.33 bits per heavy atom. The molecule has 21 heavy (non-hydrogen) atoms. The van der Waals surface area contributed by atoms with E-state index in [1.54, 1.807) is 6.92 Å². The van der Waals surface area contributed by atoms with Gasteiger partial charge in [0.15, 0.2) is 0 Å². The van der Waals surface area contributed by atoms with Crippen LogP contribution in [0.1, 0.15) is 47.2 Å². The Morgan fingerprint density at radius 2 is 2.00 bits per heavy atom. The highest BCUT2D eigenvalue weighted by molar-refractivity contribution is 7.19. The minimum atomic E-state index is -0.556. The van der Waals surface area contributed by atoms with Crippen LogP contribution >= 0.6 is 11.3 Å². The fourth-order valence-electron chi connectivity index (χ4n) is 1.69. The van der Waals surface area contributed by atoms with Crippen molar-refractivity contribution in [2.24, 2.45) is 5.92 Å². The molecule has 0 saturated carbocycles. The molecule has 7 heteroatoms. The van der Waals surface area contributed by atoms with E-state index < -0.39 is 11.9 Å². The van der Waals surface area contributed by atoms with Crippen molar-refractivity contribution < 1.29 is 19.1 Å². The van der Waals surface area contributed by atoms with E-state index in [9.17, 15) is 9.59 Å². The lowest BCUT2D eigenvalue weighted by Crippen LogP contribution is -2.12. The molecule has 0 saturated heterocycles. The number of esters is 2. The molecule has 0 spiro atoms. The van der Waals surface area contributed by atoms with Crippen molar-refractivity contribution >= 4 is 34.0 Å². The van der Waals surface area contributed by atoms with Crippen molar-refractivity contribution in [1.82, 2.24) is 0 Å². The number of hydrogen-bond donors (Lipinski definition) is 2.